The van der Waals surface area contributed by atoms with Crippen molar-refractivity contribution in [1.29, 1.82) is 0 Å². The van der Waals surface area contributed by atoms with E-state index >= 15 is 0 Å². The fourth-order valence-corrected chi connectivity index (χ4v) is 3.46. The molecule has 0 unspecified atom stereocenters. The van der Waals surface area contributed by atoms with Gasteiger partial charge in [0.2, 0.25) is 10.0 Å². The zero-order valence-electron chi connectivity index (χ0n) is 11.3. The zero-order valence-corrected chi connectivity index (χ0v) is 12.1. The van der Waals surface area contributed by atoms with Crippen LogP contribution in [0.25, 0.3) is 0 Å². The van der Waals surface area contributed by atoms with Gasteiger partial charge in [-0.1, -0.05) is 0 Å². The molecule has 124 valence electrons. The van der Waals surface area contributed by atoms with Crippen molar-refractivity contribution in [2.24, 2.45) is 0 Å². The van der Waals surface area contributed by atoms with Crippen molar-refractivity contribution < 1.29 is 30.7 Å². The molecule has 1 aliphatic heterocycles. The Kier molecular flexibility index (Phi) is 4.85. The Bertz CT molecular complexity index is 606. The lowest BCUT2D eigenvalue weighted by Crippen LogP contribution is -2.34. The molecule has 0 N–H and O–H groups in total. The summed E-state index contributed by atoms with van der Waals surface area (Å²) in [6.45, 7) is -0.0209. The molecule has 0 spiro atoms. The van der Waals surface area contributed by atoms with Crippen molar-refractivity contribution >= 4 is 10.0 Å². The maximum Gasteiger partial charge on any atom is 0.390 e. The number of alkyl halides is 3. The van der Waals surface area contributed by atoms with E-state index in [1.165, 1.54) is 0 Å². The average molecular weight is 343 g/mol. The van der Waals surface area contributed by atoms with Crippen LogP contribution in [0.4, 0.5) is 17.6 Å². The monoisotopic (exact) mass is 343 g/mol. The molecule has 0 bridgehead atoms. The van der Waals surface area contributed by atoms with Crippen molar-refractivity contribution in [1.82, 2.24) is 14.3 Å². The summed E-state index contributed by atoms with van der Waals surface area (Å²) >= 11 is 0. The SMILES string of the molecule is O=S(=O)(CCC(F)(F)F)N1CC[C@@H](Oc2ncc(F)cn2)C1. The molecule has 2 rings (SSSR count). The van der Waals surface area contributed by atoms with E-state index < -0.39 is 40.3 Å². The lowest BCUT2D eigenvalue weighted by molar-refractivity contribution is -0.130. The minimum atomic E-state index is -4.52. The average Bonchev–Trinajstić information content (AvgIpc) is 2.88. The van der Waals surface area contributed by atoms with Crippen molar-refractivity contribution in [3.63, 3.8) is 0 Å². The molecule has 0 radical (unpaired) electrons. The van der Waals surface area contributed by atoms with Crippen LogP contribution in [0.3, 0.4) is 0 Å². The first-order chi connectivity index (χ1) is 10.2. The fraction of sp³-hybridized carbons (Fsp3) is 0.636. The minimum Gasteiger partial charge on any atom is -0.459 e. The van der Waals surface area contributed by atoms with Crippen LogP contribution in [0.5, 0.6) is 6.01 Å². The highest BCUT2D eigenvalue weighted by Crippen LogP contribution is 2.23. The Morgan fingerprint density at radius 2 is 1.95 bits per heavy atom. The molecule has 1 saturated heterocycles. The summed E-state index contributed by atoms with van der Waals surface area (Å²) in [5, 5.41) is 0. The summed E-state index contributed by atoms with van der Waals surface area (Å²) in [6, 6.07) is -0.110. The molecule has 1 fully saturated rings. The summed E-state index contributed by atoms with van der Waals surface area (Å²) in [5.74, 6) is -1.63. The van der Waals surface area contributed by atoms with Gasteiger partial charge in [-0.3, -0.25) is 0 Å². The third kappa shape index (κ3) is 4.77. The van der Waals surface area contributed by atoms with Crippen LogP contribution >= 0.6 is 0 Å². The Hall–Kier alpha value is -1.49. The smallest absolute Gasteiger partial charge is 0.390 e. The van der Waals surface area contributed by atoms with Crippen molar-refractivity contribution in [3.8, 4) is 6.01 Å². The molecule has 1 atom stereocenters. The fourth-order valence-electron chi connectivity index (χ4n) is 1.93. The number of sulfonamides is 1. The van der Waals surface area contributed by atoms with Crippen LogP contribution in [0, 0.1) is 5.82 Å². The first-order valence-corrected chi connectivity index (χ1v) is 7.95. The first kappa shape index (κ1) is 16.9. The maximum atomic E-state index is 12.6. The van der Waals surface area contributed by atoms with E-state index in [0.29, 0.717) is 6.42 Å². The molecule has 6 nitrogen and oxygen atoms in total. The van der Waals surface area contributed by atoms with Gasteiger partial charge in [-0.15, -0.1) is 0 Å². The molecule has 0 aromatic carbocycles. The molecular weight excluding hydrogens is 330 g/mol. The van der Waals surface area contributed by atoms with Crippen LogP contribution in [-0.4, -0.2) is 53.8 Å². The van der Waals surface area contributed by atoms with Crippen molar-refractivity contribution in [3.05, 3.63) is 18.2 Å². The van der Waals surface area contributed by atoms with Gasteiger partial charge >= 0.3 is 12.2 Å². The summed E-state index contributed by atoms with van der Waals surface area (Å²) in [7, 11) is -3.99. The van der Waals surface area contributed by atoms with Gasteiger partial charge in [0.1, 0.15) is 6.10 Å². The maximum absolute atomic E-state index is 12.6. The van der Waals surface area contributed by atoms with Crippen LogP contribution in [0.1, 0.15) is 12.8 Å². The van der Waals surface area contributed by atoms with E-state index in [1.807, 2.05) is 0 Å². The van der Waals surface area contributed by atoms with Gasteiger partial charge in [-0.2, -0.15) is 17.5 Å². The van der Waals surface area contributed by atoms with Crippen LogP contribution in [0.15, 0.2) is 12.4 Å². The summed E-state index contributed by atoms with van der Waals surface area (Å²) in [5.41, 5.74) is 0. The normalized spacial score (nSPS) is 20.3. The summed E-state index contributed by atoms with van der Waals surface area (Å²) < 4.78 is 78.8. The van der Waals surface area contributed by atoms with Gasteiger partial charge in [0.05, 0.1) is 31.1 Å². The highest BCUT2D eigenvalue weighted by Gasteiger charge is 2.36. The summed E-state index contributed by atoms with van der Waals surface area (Å²) in [6.07, 6.45) is -4.40. The second-order valence-electron chi connectivity index (χ2n) is 4.75. The van der Waals surface area contributed by atoms with Gasteiger partial charge in [0.25, 0.3) is 0 Å². The molecular formula is C11H13F4N3O3S. The number of halogens is 4. The predicted molar refractivity (Wildman–Crippen MR) is 67.1 cm³/mol. The van der Waals surface area contributed by atoms with E-state index in [-0.39, 0.29) is 19.1 Å². The Morgan fingerprint density at radius 3 is 2.55 bits per heavy atom. The van der Waals surface area contributed by atoms with Crippen LogP contribution in [-0.2, 0) is 10.0 Å². The minimum absolute atomic E-state index is 0.0616. The van der Waals surface area contributed by atoms with Gasteiger partial charge in [-0.25, -0.2) is 22.8 Å². The second kappa shape index (κ2) is 6.32. The number of hydrogen-bond acceptors (Lipinski definition) is 5. The van der Waals surface area contributed by atoms with E-state index in [2.05, 4.69) is 9.97 Å². The molecule has 11 heteroatoms. The molecule has 0 amide bonds. The number of rotatable bonds is 5. The van der Waals surface area contributed by atoms with Crippen LogP contribution < -0.4 is 4.74 Å². The molecule has 1 aromatic rings. The van der Waals surface area contributed by atoms with Crippen molar-refractivity contribution in [2.75, 3.05) is 18.8 Å². The summed E-state index contributed by atoms with van der Waals surface area (Å²) in [4.78, 5) is 7.15. The van der Waals surface area contributed by atoms with Crippen molar-refractivity contribution in [2.45, 2.75) is 25.1 Å². The van der Waals surface area contributed by atoms with E-state index in [4.69, 9.17) is 4.74 Å². The third-order valence-corrected chi connectivity index (χ3v) is 4.85. The molecule has 1 aliphatic rings. The van der Waals surface area contributed by atoms with Gasteiger partial charge in [-0.05, 0) is 6.42 Å². The number of nitrogens with zero attached hydrogens (tertiary/aromatic N) is 3. The molecule has 0 aliphatic carbocycles. The van der Waals surface area contributed by atoms with Gasteiger partial charge in [0, 0.05) is 6.54 Å². The number of aromatic nitrogens is 2. The molecule has 0 saturated carbocycles. The zero-order chi connectivity index (χ0) is 16.4. The number of hydrogen-bond donors (Lipinski definition) is 0. The Morgan fingerprint density at radius 1 is 1.32 bits per heavy atom. The van der Waals surface area contributed by atoms with E-state index in [0.717, 1.165) is 16.7 Å². The standard InChI is InChI=1S/C11H13F4N3O3S/c12-8-5-16-10(17-6-8)21-9-1-3-18(7-9)22(19,20)4-2-11(13,14)15/h5-6,9H,1-4,7H2/t9-/m1/s1. The number of ether oxygens (including phenoxy) is 1. The molecule has 22 heavy (non-hydrogen) atoms. The topological polar surface area (TPSA) is 72.4 Å². The lowest BCUT2D eigenvalue weighted by atomic mass is 10.3. The highest BCUT2D eigenvalue weighted by molar-refractivity contribution is 7.89. The molecule has 2 heterocycles. The largest absolute Gasteiger partial charge is 0.459 e. The van der Waals surface area contributed by atoms with E-state index in [1.54, 1.807) is 0 Å². The Labute approximate surface area is 124 Å². The Balaban J connectivity index is 1.90. The third-order valence-electron chi connectivity index (χ3n) is 3.01. The second-order valence-corrected chi connectivity index (χ2v) is 6.84. The lowest BCUT2D eigenvalue weighted by Gasteiger charge is -2.17. The van der Waals surface area contributed by atoms with Crippen LogP contribution in [0.2, 0.25) is 0 Å². The van der Waals surface area contributed by atoms with E-state index in [9.17, 15) is 26.0 Å². The first-order valence-electron chi connectivity index (χ1n) is 6.34. The highest BCUT2D eigenvalue weighted by atomic mass is 32.2. The van der Waals surface area contributed by atoms with Gasteiger partial charge < -0.3 is 4.74 Å². The predicted octanol–water partition coefficient (Wildman–Crippen LogP) is 1.35. The quantitative estimate of drug-likeness (QED) is 0.755. The molecule has 1 aromatic heterocycles. The van der Waals surface area contributed by atoms with Gasteiger partial charge in [0.15, 0.2) is 5.82 Å².